The van der Waals surface area contributed by atoms with Crippen molar-refractivity contribution in [3.8, 4) is 0 Å². The van der Waals surface area contributed by atoms with E-state index in [2.05, 4.69) is 0 Å². The minimum absolute atomic E-state index is 0.0156. The van der Waals surface area contributed by atoms with Gasteiger partial charge < -0.3 is 10.0 Å². The molecule has 0 aliphatic carbocycles. The lowest BCUT2D eigenvalue weighted by molar-refractivity contribution is -0.138. The zero-order chi connectivity index (χ0) is 10.0. The molecule has 0 aromatic carbocycles. The first kappa shape index (κ1) is 9.46. The first-order valence-corrected chi connectivity index (χ1v) is 3.35. The predicted molar refractivity (Wildman–Crippen MR) is 37.4 cm³/mol. The third kappa shape index (κ3) is 2.15. The summed E-state index contributed by atoms with van der Waals surface area (Å²) in [5, 5.41) is 17.1. The lowest BCUT2D eigenvalue weighted by Gasteiger charge is -2.26. The van der Waals surface area contributed by atoms with Crippen molar-refractivity contribution in [3.05, 3.63) is 12.0 Å². The lowest BCUT2D eigenvalue weighted by Crippen LogP contribution is -2.45. The second-order valence-electron chi connectivity index (χ2n) is 2.45. The molecule has 1 aliphatic rings. The van der Waals surface area contributed by atoms with Crippen molar-refractivity contribution in [1.29, 1.82) is 0 Å². The van der Waals surface area contributed by atoms with Gasteiger partial charge in [0, 0.05) is 0 Å². The number of rotatable bonds is 2. The first-order valence-electron chi connectivity index (χ1n) is 3.35. The Hall–Kier alpha value is -1.63. The van der Waals surface area contributed by atoms with Crippen LogP contribution in [0.15, 0.2) is 12.0 Å². The van der Waals surface area contributed by atoms with Crippen LogP contribution in [0.3, 0.4) is 0 Å². The molecule has 1 aliphatic heterocycles. The quantitative estimate of drug-likeness (QED) is 0.601. The molecule has 0 aromatic rings. The molecular formula is C6H7FN2O4. The van der Waals surface area contributed by atoms with E-state index >= 15 is 0 Å². The van der Waals surface area contributed by atoms with Gasteiger partial charge in [-0.05, 0) is 0 Å². The summed E-state index contributed by atoms with van der Waals surface area (Å²) in [5.41, 5.74) is 0. The molecule has 6 nitrogen and oxygen atoms in total. The number of carbonyl (C=O) groups is 2. The minimum Gasteiger partial charge on any atom is -0.480 e. The van der Waals surface area contributed by atoms with Crippen molar-refractivity contribution >= 4 is 12.0 Å². The molecule has 0 fully saturated rings. The molecule has 0 unspecified atom stereocenters. The van der Waals surface area contributed by atoms with E-state index in [1.165, 1.54) is 0 Å². The fourth-order valence-corrected chi connectivity index (χ4v) is 0.910. The fraction of sp³-hybridized carbons (Fsp3) is 0.333. The number of nitrogens with zero attached hydrogens (tertiary/aromatic N) is 2. The molecular weight excluding hydrogens is 183 g/mol. The molecule has 2 amide bonds. The van der Waals surface area contributed by atoms with Crippen molar-refractivity contribution in [1.82, 2.24) is 9.96 Å². The SMILES string of the molecule is O=C(O)CN1CC(F)=CN(O)C1=O. The largest absolute Gasteiger partial charge is 0.480 e. The van der Waals surface area contributed by atoms with Crippen molar-refractivity contribution in [3.63, 3.8) is 0 Å². The summed E-state index contributed by atoms with van der Waals surface area (Å²) in [6, 6.07) is -0.955. The standard InChI is InChI=1S/C6H7FN2O4/c7-4-1-8(3-5(10)11)6(12)9(13)2-4/h2,13H,1,3H2,(H,10,11). The number of carboxylic acids is 1. The van der Waals surface area contributed by atoms with Crippen LogP contribution >= 0.6 is 0 Å². The van der Waals surface area contributed by atoms with Crippen LogP contribution in [0.2, 0.25) is 0 Å². The Morgan fingerprint density at radius 1 is 1.69 bits per heavy atom. The molecule has 0 saturated carbocycles. The Morgan fingerprint density at radius 2 is 2.31 bits per heavy atom. The molecule has 7 heteroatoms. The van der Waals surface area contributed by atoms with Crippen LogP contribution in [0.5, 0.6) is 0 Å². The van der Waals surface area contributed by atoms with E-state index in [0.717, 1.165) is 0 Å². The summed E-state index contributed by atoms with van der Waals surface area (Å²) in [6.07, 6.45) is 0.598. The molecule has 0 spiro atoms. The molecule has 72 valence electrons. The van der Waals surface area contributed by atoms with E-state index in [1.807, 2.05) is 0 Å². The summed E-state index contributed by atoms with van der Waals surface area (Å²) in [5.74, 6) is -2.04. The normalized spacial score (nSPS) is 17.4. The fourth-order valence-electron chi connectivity index (χ4n) is 0.910. The summed E-state index contributed by atoms with van der Waals surface area (Å²) < 4.78 is 12.6. The summed E-state index contributed by atoms with van der Waals surface area (Å²) >= 11 is 0. The molecule has 1 rings (SSSR count). The predicted octanol–water partition coefficient (Wildman–Crippen LogP) is 0.00870. The number of hydrogen-bond donors (Lipinski definition) is 2. The van der Waals surface area contributed by atoms with Crippen LogP contribution in [0.4, 0.5) is 9.18 Å². The Labute approximate surface area is 72.4 Å². The summed E-state index contributed by atoms with van der Waals surface area (Å²) in [4.78, 5) is 21.8. The van der Waals surface area contributed by atoms with Gasteiger partial charge in [0.25, 0.3) is 0 Å². The Morgan fingerprint density at radius 3 is 2.85 bits per heavy atom. The second kappa shape index (κ2) is 3.40. The molecule has 13 heavy (non-hydrogen) atoms. The van der Waals surface area contributed by atoms with Gasteiger partial charge in [0.1, 0.15) is 12.4 Å². The second-order valence-corrected chi connectivity index (χ2v) is 2.45. The van der Waals surface area contributed by atoms with Crippen LogP contribution in [-0.4, -0.2) is 45.4 Å². The molecule has 0 bridgehead atoms. The van der Waals surface area contributed by atoms with Crippen LogP contribution in [-0.2, 0) is 4.79 Å². The highest BCUT2D eigenvalue weighted by Crippen LogP contribution is 2.11. The average molecular weight is 190 g/mol. The highest BCUT2D eigenvalue weighted by atomic mass is 19.1. The third-order valence-electron chi connectivity index (χ3n) is 1.40. The highest BCUT2D eigenvalue weighted by molar-refractivity contribution is 5.81. The number of hydrogen-bond acceptors (Lipinski definition) is 3. The van der Waals surface area contributed by atoms with Crippen LogP contribution in [0.1, 0.15) is 0 Å². The maximum atomic E-state index is 12.6. The molecule has 0 radical (unpaired) electrons. The summed E-state index contributed by atoms with van der Waals surface area (Å²) in [6.45, 7) is -1.07. The monoisotopic (exact) mass is 190 g/mol. The number of carbonyl (C=O) groups excluding carboxylic acids is 1. The summed E-state index contributed by atoms with van der Waals surface area (Å²) in [7, 11) is 0. The third-order valence-corrected chi connectivity index (χ3v) is 1.40. The molecule has 2 N–H and O–H groups in total. The molecule has 0 saturated heterocycles. The van der Waals surface area contributed by atoms with Crippen LogP contribution < -0.4 is 0 Å². The Bertz CT molecular complexity index is 278. The Kier molecular flexibility index (Phi) is 2.47. The number of amides is 2. The molecule has 0 aromatic heterocycles. The minimum atomic E-state index is -1.27. The number of halogens is 1. The Balaban J connectivity index is 2.72. The lowest BCUT2D eigenvalue weighted by atomic mass is 10.4. The van der Waals surface area contributed by atoms with E-state index in [9.17, 15) is 14.0 Å². The van der Waals surface area contributed by atoms with Crippen LogP contribution in [0, 0.1) is 0 Å². The average Bonchev–Trinajstić information content (AvgIpc) is 1.98. The first-order chi connectivity index (χ1) is 6.00. The van der Waals surface area contributed by atoms with E-state index in [4.69, 9.17) is 10.3 Å². The van der Waals surface area contributed by atoms with Crippen LogP contribution in [0.25, 0.3) is 0 Å². The van der Waals surface area contributed by atoms with Gasteiger partial charge in [-0.3, -0.25) is 10.0 Å². The van der Waals surface area contributed by atoms with Gasteiger partial charge in [0.15, 0.2) is 0 Å². The zero-order valence-electron chi connectivity index (χ0n) is 6.47. The van der Waals surface area contributed by atoms with Gasteiger partial charge in [0.05, 0.1) is 12.7 Å². The number of urea groups is 1. The van der Waals surface area contributed by atoms with Gasteiger partial charge in [0.2, 0.25) is 0 Å². The number of hydroxylamine groups is 2. The number of aliphatic carboxylic acids is 1. The molecule has 0 atom stereocenters. The van der Waals surface area contributed by atoms with E-state index in [-0.39, 0.29) is 5.06 Å². The topological polar surface area (TPSA) is 81.1 Å². The van der Waals surface area contributed by atoms with Crippen molar-refractivity contribution in [2.75, 3.05) is 13.1 Å². The van der Waals surface area contributed by atoms with E-state index < -0.39 is 30.9 Å². The van der Waals surface area contributed by atoms with Gasteiger partial charge in [-0.15, -0.1) is 0 Å². The van der Waals surface area contributed by atoms with Gasteiger partial charge in [-0.1, -0.05) is 0 Å². The van der Waals surface area contributed by atoms with Crippen molar-refractivity contribution < 1.29 is 24.3 Å². The van der Waals surface area contributed by atoms with Gasteiger partial charge >= 0.3 is 12.0 Å². The van der Waals surface area contributed by atoms with Crippen molar-refractivity contribution in [2.24, 2.45) is 0 Å². The maximum absolute atomic E-state index is 12.6. The van der Waals surface area contributed by atoms with Gasteiger partial charge in [-0.25, -0.2) is 9.18 Å². The van der Waals surface area contributed by atoms with E-state index in [1.54, 1.807) is 0 Å². The van der Waals surface area contributed by atoms with Crippen molar-refractivity contribution in [2.45, 2.75) is 0 Å². The molecule has 1 heterocycles. The smallest absolute Gasteiger partial charge is 0.348 e. The highest BCUT2D eigenvalue weighted by Gasteiger charge is 2.26. The van der Waals surface area contributed by atoms with Gasteiger partial charge in [-0.2, -0.15) is 5.06 Å². The zero-order valence-corrected chi connectivity index (χ0v) is 6.47. The van der Waals surface area contributed by atoms with E-state index in [0.29, 0.717) is 11.1 Å². The maximum Gasteiger partial charge on any atom is 0.348 e. The number of carboxylic acid groups (broad SMARTS) is 1.